The summed E-state index contributed by atoms with van der Waals surface area (Å²) in [6, 6.07) is 12.1. The van der Waals surface area contributed by atoms with Crippen LogP contribution in [0.5, 0.6) is 0 Å². The summed E-state index contributed by atoms with van der Waals surface area (Å²) in [5.74, 6) is -0.290. The lowest BCUT2D eigenvalue weighted by atomic mass is 9.95. The van der Waals surface area contributed by atoms with Crippen LogP contribution >= 0.6 is 34.8 Å². The molecule has 172 valence electrons. The van der Waals surface area contributed by atoms with Crippen molar-refractivity contribution in [2.75, 3.05) is 0 Å². The van der Waals surface area contributed by atoms with Gasteiger partial charge < -0.3 is 10.2 Å². The van der Waals surface area contributed by atoms with E-state index in [1.807, 2.05) is 25.1 Å². The molecule has 1 N–H and O–H groups in total. The molecule has 0 saturated heterocycles. The lowest BCUT2D eigenvalue weighted by molar-refractivity contribution is -0.141. The Labute approximate surface area is 205 Å². The summed E-state index contributed by atoms with van der Waals surface area (Å²) in [6.45, 7) is 2.17. The number of carbonyl (C=O) groups excluding carboxylic acids is 2. The molecule has 0 aliphatic heterocycles. The van der Waals surface area contributed by atoms with Crippen LogP contribution in [0.3, 0.4) is 0 Å². The highest BCUT2D eigenvalue weighted by atomic mass is 35.5. The predicted molar refractivity (Wildman–Crippen MR) is 131 cm³/mol. The van der Waals surface area contributed by atoms with Crippen LogP contribution in [0.4, 0.5) is 0 Å². The third kappa shape index (κ3) is 6.63. The summed E-state index contributed by atoms with van der Waals surface area (Å²) in [5, 5.41) is 4.69. The number of nitrogens with one attached hydrogen (secondary N) is 1. The van der Waals surface area contributed by atoms with Gasteiger partial charge in [0, 0.05) is 27.7 Å². The van der Waals surface area contributed by atoms with Crippen LogP contribution in [0, 0.1) is 0 Å². The van der Waals surface area contributed by atoms with Crippen molar-refractivity contribution < 1.29 is 9.59 Å². The van der Waals surface area contributed by atoms with Crippen LogP contribution in [-0.2, 0) is 22.6 Å². The van der Waals surface area contributed by atoms with Crippen molar-refractivity contribution >= 4 is 46.6 Å². The van der Waals surface area contributed by atoms with Crippen molar-refractivity contribution in [3.63, 3.8) is 0 Å². The Morgan fingerprint density at radius 2 is 1.72 bits per heavy atom. The quantitative estimate of drug-likeness (QED) is 0.458. The Hall–Kier alpha value is -1.75. The van der Waals surface area contributed by atoms with E-state index in [4.69, 9.17) is 34.8 Å². The summed E-state index contributed by atoms with van der Waals surface area (Å²) in [6.07, 6.45) is 6.01. The molecule has 2 aromatic carbocycles. The average molecular weight is 496 g/mol. The van der Waals surface area contributed by atoms with Gasteiger partial charge in [0.15, 0.2) is 0 Å². The van der Waals surface area contributed by atoms with Gasteiger partial charge >= 0.3 is 0 Å². The van der Waals surface area contributed by atoms with Gasteiger partial charge in [-0.05, 0) is 48.6 Å². The van der Waals surface area contributed by atoms with Gasteiger partial charge in [-0.25, -0.2) is 0 Å². The van der Waals surface area contributed by atoms with Crippen LogP contribution in [0.15, 0.2) is 42.5 Å². The van der Waals surface area contributed by atoms with Crippen molar-refractivity contribution in [1.82, 2.24) is 10.2 Å². The average Bonchev–Trinajstić information content (AvgIpc) is 2.77. The molecule has 1 saturated carbocycles. The minimum absolute atomic E-state index is 0.0770. The third-order valence-electron chi connectivity index (χ3n) is 5.99. The van der Waals surface area contributed by atoms with E-state index in [0.717, 1.165) is 31.2 Å². The molecule has 4 nitrogen and oxygen atoms in total. The molecule has 3 rings (SSSR count). The zero-order valence-electron chi connectivity index (χ0n) is 18.3. The van der Waals surface area contributed by atoms with Crippen molar-refractivity contribution in [3.8, 4) is 0 Å². The smallest absolute Gasteiger partial charge is 0.243 e. The first kappa shape index (κ1) is 24.9. The van der Waals surface area contributed by atoms with E-state index in [1.54, 1.807) is 29.2 Å². The highest BCUT2D eigenvalue weighted by Crippen LogP contribution is 2.25. The molecule has 2 aromatic rings. The van der Waals surface area contributed by atoms with Gasteiger partial charge in [-0.1, -0.05) is 85.3 Å². The number of hydrogen-bond acceptors (Lipinski definition) is 2. The van der Waals surface area contributed by atoms with E-state index >= 15 is 0 Å². The molecule has 0 spiro atoms. The Morgan fingerprint density at radius 3 is 2.38 bits per heavy atom. The largest absolute Gasteiger partial charge is 0.352 e. The lowest BCUT2D eigenvalue weighted by Crippen LogP contribution is -2.52. The van der Waals surface area contributed by atoms with E-state index in [9.17, 15) is 9.59 Å². The minimum Gasteiger partial charge on any atom is -0.352 e. The monoisotopic (exact) mass is 494 g/mol. The van der Waals surface area contributed by atoms with Gasteiger partial charge in [-0.3, -0.25) is 9.59 Å². The maximum absolute atomic E-state index is 13.5. The number of nitrogens with zero attached hydrogens (tertiary/aromatic N) is 1. The first-order valence-corrected chi connectivity index (χ1v) is 12.3. The first-order valence-electron chi connectivity index (χ1n) is 11.2. The fourth-order valence-corrected chi connectivity index (χ4v) is 4.87. The summed E-state index contributed by atoms with van der Waals surface area (Å²) < 4.78 is 0. The maximum Gasteiger partial charge on any atom is 0.243 e. The normalized spacial score (nSPS) is 15.2. The second-order valence-corrected chi connectivity index (χ2v) is 9.54. The van der Waals surface area contributed by atoms with Crippen LogP contribution in [0.25, 0.3) is 0 Å². The van der Waals surface area contributed by atoms with E-state index < -0.39 is 6.04 Å². The molecule has 0 aromatic heterocycles. The van der Waals surface area contributed by atoms with Gasteiger partial charge in [-0.15, -0.1) is 0 Å². The molecule has 32 heavy (non-hydrogen) atoms. The Balaban J connectivity index is 1.84. The summed E-state index contributed by atoms with van der Waals surface area (Å²) in [7, 11) is 0. The molecule has 7 heteroatoms. The third-order valence-corrected chi connectivity index (χ3v) is 6.95. The molecule has 0 unspecified atom stereocenters. The van der Waals surface area contributed by atoms with Crippen molar-refractivity contribution in [2.45, 2.75) is 70.5 Å². The van der Waals surface area contributed by atoms with Gasteiger partial charge in [0.05, 0.1) is 6.42 Å². The molecule has 1 atom stereocenters. The van der Waals surface area contributed by atoms with Gasteiger partial charge in [0.2, 0.25) is 11.8 Å². The molecular weight excluding hydrogens is 467 g/mol. The number of amides is 2. The fourth-order valence-electron chi connectivity index (χ4n) is 4.20. The van der Waals surface area contributed by atoms with Crippen LogP contribution in [-0.4, -0.2) is 28.8 Å². The maximum atomic E-state index is 13.5. The topological polar surface area (TPSA) is 49.4 Å². The lowest BCUT2D eigenvalue weighted by Gasteiger charge is -2.33. The van der Waals surface area contributed by atoms with E-state index in [0.29, 0.717) is 27.1 Å². The standard InChI is InChI=1S/C25H29Cl3N2O2/c1-2-23(25(32)29-20-9-4-3-5-10-20)30(16-18-8-6-7-11-21(18)27)24(31)14-17-12-13-19(26)15-22(17)28/h6-8,11-13,15,20,23H,2-5,9-10,14,16H2,1H3,(H,29,32)/t23-/m0/s1. The highest BCUT2D eigenvalue weighted by Gasteiger charge is 2.31. The Kier molecular flexibility index (Phi) is 9.27. The van der Waals surface area contributed by atoms with Gasteiger partial charge in [-0.2, -0.15) is 0 Å². The van der Waals surface area contributed by atoms with Crippen LogP contribution in [0.1, 0.15) is 56.6 Å². The molecule has 0 bridgehead atoms. The molecular formula is C25H29Cl3N2O2. The van der Waals surface area contributed by atoms with E-state index in [1.165, 1.54) is 6.42 Å². The highest BCUT2D eigenvalue weighted by molar-refractivity contribution is 6.35. The molecule has 1 fully saturated rings. The van der Waals surface area contributed by atoms with Gasteiger partial charge in [0.25, 0.3) is 0 Å². The fraction of sp³-hybridized carbons (Fsp3) is 0.440. The SMILES string of the molecule is CC[C@@H](C(=O)NC1CCCCC1)N(Cc1ccccc1Cl)C(=O)Cc1ccc(Cl)cc1Cl. The molecule has 2 amide bonds. The second-order valence-electron chi connectivity index (χ2n) is 8.29. The second kappa shape index (κ2) is 11.9. The van der Waals surface area contributed by atoms with Gasteiger partial charge in [0.1, 0.15) is 6.04 Å². The Morgan fingerprint density at radius 1 is 1.00 bits per heavy atom. The summed E-state index contributed by atoms with van der Waals surface area (Å²) >= 11 is 18.7. The first-order chi connectivity index (χ1) is 15.4. The number of carbonyl (C=O) groups is 2. The predicted octanol–water partition coefficient (Wildman–Crippen LogP) is 6.45. The zero-order valence-corrected chi connectivity index (χ0v) is 20.5. The zero-order chi connectivity index (χ0) is 23.1. The molecule has 0 heterocycles. The minimum atomic E-state index is -0.591. The summed E-state index contributed by atoms with van der Waals surface area (Å²) in [5.41, 5.74) is 1.47. The number of hydrogen-bond donors (Lipinski definition) is 1. The van der Waals surface area contributed by atoms with Crippen LogP contribution in [0.2, 0.25) is 15.1 Å². The molecule has 0 radical (unpaired) electrons. The van der Waals surface area contributed by atoms with Crippen molar-refractivity contribution in [1.29, 1.82) is 0 Å². The van der Waals surface area contributed by atoms with Crippen molar-refractivity contribution in [3.05, 3.63) is 68.7 Å². The number of benzene rings is 2. The van der Waals surface area contributed by atoms with E-state index in [2.05, 4.69) is 5.32 Å². The van der Waals surface area contributed by atoms with E-state index in [-0.39, 0.29) is 30.8 Å². The molecule has 1 aliphatic carbocycles. The van der Waals surface area contributed by atoms with Crippen LogP contribution < -0.4 is 5.32 Å². The van der Waals surface area contributed by atoms with Crippen molar-refractivity contribution in [2.24, 2.45) is 0 Å². The number of halogens is 3. The Bertz CT molecular complexity index is 945. The number of rotatable bonds is 8. The molecule has 1 aliphatic rings. The summed E-state index contributed by atoms with van der Waals surface area (Å²) in [4.78, 5) is 28.3.